The van der Waals surface area contributed by atoms with Crippen molar-refractivity contribution in [2.45, 2.75) is 30.1 Å². The van der Waals surface area contributed by atoms with Gasteiger partial charge < -0.3 is 0 Å². The maximum absolute atomic E-state index is 13.0. The number of halogens is 1. The fraction of sp³-hybridized carbons (Fsp3) is 0.294. The van der Waals surface area contributed by atoms with Gasteiger partial charge in [0.15, 0.2) is 0 Å². The Hall–Kier alpha value is -1.72. The Bertz CT molecular complexity index is 781. The van der Waals surface area contributed by atoms with E-state index in [0.717, 1.165) is 24.0 Å². The Kier molecular flexibility index (Phi) is 3.78. The van der Waals surface area contributed by atoms with Crippen LogP contribution < -0.4 is 4.72 Å². The Morgan fingerprint density at radius 2 is 1.73 bits per heavy atom. The number of hydrogen-bond acceptors (Lipinski definition) is 2. The second kappa shape index (κ2) is 5.48. The van der Waals surface area contributed by atoms with Crippen LogP contribution in [0.15, 0.2) is 53.4 Å². The molecule has 2 aromatic rings. The Balaban J connectivity index is 1.77. The van der Waals surface area contributed by atoms with E-state index in [1.54, 1.807) is 37.3 Å². The van der Waals surface area contributed by atoms with Crippen LogP contribution in [0.1, 0.15) is 24.0 Å². The quantitative estimate of drug-likeness (QED) is 0.920. The SMILES string of the molecule is Cc1ccccc1S(=O)(=O)NCC1(c2ccc(F)cc2)CC1. The second-order valence-electron chi connectivity index (χ2n) is 5.88. The molecule has 5 heteroatoms. The number of nitrogens with one attached hydrogen (secondary N) is 1. The maximum Gasteiger partial charge on any atom is 0.240 e. The maximum atomic E-state index is 13.0. The van der Waals surface area contributed by atoms with Crippen LogP contribution in [0.4, 0.5) is 4.39 Å². The van der Waals surface area contributed by atoms with Crippen LogP contribution >= 0.6 is 0 Å². The Labute approximate surface area is 130 Å². The molecule has 0 atom stereocenters. The van der Waals surface area contributed by atoms with Gasteiger partial charge in [-0.1, -0.05) is 30.3 Å². The van der Waals surface area contributed by atoms with Crippen LogP contribution in [-0.4, -0.2) is 15.0 Å². The molecule has 0 saturated heterocycles. The Morgan fingerprint density at radius 3 is 2.32 bits per heavy atom. The van der Waals surface area contributed by atoms with Gasteiger partial charge in [0.05, 0.1) is 4.90 Å². The summed E-state index contributed by atoms with van der Waals surface area (Å²) in [5.74, 6) is -0.278. The third kappa shape index (κ3) is 2.91. The summed E-state index contributed by atoms with van der Waals surface area (Å²) < 4.78 is 40.6. The predicted molar refractivity (Wildman–Crippen MR) is 83.7 cm³/mol. The first kappa shape index (κ1) is 15.2. The highest BCUT2D eigenvalue weighted by molar-refractivity contribution is 7.89. The Morgan fingerprint density at radius 1 is 1.09 bits per heavy atom. The van der Waals surface area contributed by atoms with Crippen molar-refractivity contribution in [1.82, 2.24) is 4.72 Å². The molecule has 1 aliphatic carbocycles. The topological polar surface area (TPSA) is 46.2 Å². The van der Waals surface area contributed by atoms with Gasteiger partial charge in [-0.3, -0.25) is 0 Å². The number of hydrogen-bond donors (Lipinski definition) is 1. The molecule has 1 N–H and O–H groups in total. The highest BCUT2D eigenvalue weighted by atomic mass is 32.2. The van der Waals surface area contributed by atoms with Crippen LogP contribution in [0.3, 0.4) is 0 Å². The van der Waals surface area contributed by atoms with Gasteiger partial charge in [0.2, 0.25) is 10.0 Å². The molecule has 0 bridgehead atoms. The monoisotopic (exact) mass is 319 g/mol. The van der Waals surface area contributed by atoms with E-state index in [-0.39, 0.29) is 11.2 Å². The van der Waals surface area contributed by atoms with Crippen LogP contribution in [0, 0.1) is 12.7 Å². The molecule has 0 unspecified atom stereocenters. The second-order valence-corrected chi connectivity index (χ2v) is 7.61. The van der Waals surface area contributed by atoms with Crippen molar-refractivity contribution in [3.05, 3.63) is 65.5 Å². The lowest BCUT2D eigenvalue weighted by atomic mass is 9.96. The lowest BCUT2D eigenvalue weighted by molar-refractivity contribution is 0.565. The summed E-state index contributed by atoms with van der Waals surface area (Å²) in [5, 5.41) is 0. The van der Waals surface area contributed by atoms with Gasteiger partial charge >= 0.3 is 0 Å². The first-order valence-corrected chi connectivity index (χ1v) is 8.73. The average molecular weight is 319 g/mol. The molecule has 3 nitrogen and oxygen atoms in total. The molecule has 0 amide bonds. The first-order chi connectivity index (χ1) is 10.4. The van der Waals surface area contributed by atoms with Crippen LogP contribution in [0.25, 0.3) is 0 Å². The molecule has 116 valence electrons. The summed E-state index contributed by atoms with van der Waals surface area (Å²) in [4.78, 5) is 0.310. The molecule has 0 radical (unpaired) electrons. The largest absolute Gasteiger partial charge is 0.240 e. The van der Waals surface area contributed by atoms with Gasteiger partial charge in [0.25, 0.3) is 0 Å². The van der Waals surface area contributed by atoms with E-state index >= 15 is 0 Å². The number of sulfonamides is 1. The summed E-state index contributed by atoms with van der Waals surface area (Å²) >= 11 is 0. The van der Waals surface area contributed by atoms with E-state index < -0.39 is 10.0 Å². The highest BCUT2D eigenvalue weighted by Gasteiger charge is 2.44. The minimum absolute atomic E-state index is 0.191. The van der Waals surface area contributed by atoms with Crippen molar-refractivity contribution < 1.29 is 12.8 Å². The molecule has 3 rings (SSSR count). The predicted octanol–water partition coefficient (Wildman–Crippen LogP) is 3.14. The number of benzene rings is 2. The van der Waals surface area contributed by atoms with E-state index in [1.807, 2.05) is 6.07 Å². The third-order valence-corrected chi connectivity index (χ3v) is 5.86. The smallest absolute Gasteiger partial charge is 0.210 e. The molecular formula is C17H18FNO2S. The van der Waals surface area contributed by atoms with Crippen molar-refractivity contribution in [2.24, 2.45) is 0 Å². The van der Waals surface area contributed by atoms with Crippen LogP contribution in [-0.2, 0) is 15.4 Å². The minimum Gasteiger partial charge on any atom is -0.210 e. The van der Waals surface area contributed by atoms with Crippen molar-refractivity contribution in [3.63, 3.8) is 0 Å². The normalized spacial score (nSPS) is 16.5. The molecular weight excluding hydrogens is 301 g/mol. The summed E-state index contributed by atoms with van der Waals surface area (Å²) in [6.07, 6.45) is 1.82. The van der Waals surface area contributed by atoms with E-state index in [9.17, 15) is 12.8 Å². The van der Waals surface area contributed by atoms with Gasteiger partial charge in [-0.15, -0.1) is 0 Å². The summed E-state index contributed by atoms with van der Waals surface area (Å²) in [7, 11) is -3.52. The standard InChI is InChI=1S/C17H18FNO2S/c1-13-4-2-3-5-16(13)22(20,21)19-12-17(10-11-17)14-6-8-15(18)9-7-14/h2-9,19H,10-12H2,1H3. The van der Waals surface area contributed by atoms with Crippen molar-refractivity contribution in [1.29, 1.82) is 0 Å². The summed E-state index contributed by atoms with van der Waals surface area (Å²) in [6, 6.07) is 13.2. The fourth-order valence-corrected chi connectivity index (χ4v) is 4.06. The lowest BCUT2D eigenvalue weighted by Crippen LogP contribution is -2.32. The zero-order chi connectivity index (χ0) is 15.8. The average Bonchev–Trinajstić information content (AvgIpc) is 3.27. The fourth-order valence-electron chi connectivity index (χ4n) is 2.69. The van der Waals surface area contributed by atoms with Crippen molar-refractivity contribution >= 4 is 10.0 Å². The van der Waals surface area contributed by atoms with Gasteiger partial charge in [-0.2, -0.15) is 0 Å². The molecule has 22 heavy (non-hydrogen) atoms. The summed E-state index contributed by atoms with van der Waals surface area (Å²) in [5.41, 5.74) is 1.52. The van der Waals surface area contributed by atoms with Gasteiger partial charge in [-0.05, 0) is 49.1 Å². The highest BCUT2D eigenvalue weighted by Crippen LogP contribution is 2.47. The molecule has 0 aliphatic heterocycles. The summed E-state index contributed by atoms with van der Waals surface area (Å²) in [6.45, 7) is 2.12. The van der Waals surface area contributed by atoms with Gasteiger partial charge in [0.1, 0.15) is 5.82 Å². The zero-order valence-corrected chi connectivity index (χ0v) is 13.2. The molecule has 0 spiro atoms. The molecule has 1 aliphatic rings. The zero-order valence-electron chi connectivity index (χ0n) is 12.3. The third-order valence-electron chi connectivity index (χ3n) is 4.29. The molecule has 0 heterocycles. The van der Waals surface area contributed by atoms with Crippen molar-refractivity contribution in [2.75, 3.05) is 6.54 Å². The van der Waals surface area contributed by atoms with E-state index in [0.29, 0.717) is 11.4 Å². The van der Waals surface area contributed by atoms with E-state index in [1.165, 1.54) is 12.1 Å². The number of aryl methyl sites for hydroxylation is 1. The van der Waals surface area contributed by atoms with E-state index in [2.05, 4.69) is 4.72 Å². The van der Waals surface area contributed by atoms with Crippen LogP contribution in [0.5, 0.6) is 0 Å². The van der Waals surface area contributed by atoms with Crippen molar-refractivity contribution in [3.8, 4) is 0 Å². The molecule has 0 aromatic heterocycles. The van der Waals surface area contributed by atoms with Gasteiger partial charge in [-0.25, -0.2) is 17.5 Å². The molecule has 2 aromatic carbocycles. The van der Waals surface area contributed by atoms with Crippen LogP contribution in [0.2, 0.25) is 0 Å². The molecule has 1 saturated carbocycles. The first-order valence-electron chi connectivity index (χ1n) is 7.24. The minimum atomic E-state index is -3.52. The van der Waals surface area contributed by atoms with Gasteiger partial charge in [0, 0.05) is 12.0 Å². The lowest BCUT2D eigenvalue weighted by Gasteiger charge is -2.17. The number of rotatable bonds is 5. The van der Waals surface area contributed by atoms with E-state index in [4.69, 9.17) is 0 Å². The molecule has 1 fully saturated rings.